The highest BCUT2D eigenvalue weighted by molar-refractivity contribution is 9.10. The van der Waals surface area contributed by atoms with E-state index < -0.39 is 0 Å². The summed E-state index contributed by atoms with van der Waals surface area (Å²) in [6.45, 7) is 0. The molecule has 2 aromatic rings. The lowest BCUT2D eigenvalue weighted by atomic mass is 10.3. The zero-order valence-electron chi connectivity index (χ0n) is 9.78. The van der Waals surface area contributed by atoms with Crippen LogP contribution in [-0.2, 0) is 0 Å². The molecule has 0 radical (unpaired) electrons. The van der Waals surface area contributed by atoms with Crippen LogP contribution in [0.4, 0.5) is 21.9 Å². The molecule has 0 bridgehead atoms. The van der Waals surface area contributed by atoms with Crippen molar-refractivity contribution < 1.29 is 4.79 Å². The second-order valence-electron chi connectivity index (χ2n) is 3.83. The Morgan fingerprint density at radius 3 is 2.63 bits per heavy atom. The lowest BCUT2D eigenvalue weighted by Gasteiger charge is -2.09. The van der Waals surface area contributed by atoms with Crippen molar-refractivity contribution in [3.8, 4) is 0 Å². The molecule has 2 amide bonds. The summed E-state index contributed by atoms with van der Waals surface area (Å²) in [5.41, 5.74) is 7.50. The van der Waals surface area contributed by atoms with Crippen LogP contribution in [0, 0.1) is 0 Å². The highest BCUT2D eigenvalue weighted by Crippen LogP contribution is 2.25. The molecular weight excluding hydrogens is 330 g/mol. The third-order valence-corrected chi connectivity index (χ3v) is 3.22. The molecule has 0 aliphatic carbocycles. The van der Waals surface area contributed by atoms with Crippen molar-refractivity contribution in [3.05, 3.63) is 52.0 Å². The number of nitrogen functional groups attached to an aromatic ring is 1. The number of urea groups is 1. The molecule has 98 valence electrons. The van der Waals surface area contributed by atoms with Crippen LogP contribution < -0.4 is 16.4 Å². The Bertz CT molecular complexity index is 619. The first kappa shape index (κ1) is 13.7. The lowest BCUT2D eigenvalue weighted by molar-refractivity contribution is 0.262. The van der Waals surface area contributed by atoms with Gasteiger partial charge in [0.15, 0.2) is 0 Å². The van der Waals surface area contributed by atoms with Gasteiger partial charge in [-0.3, -0.25) is 0 Å². The van der Waals surface area contributed by atoms with E-state index in [2.05, 4.69) is 26.6 Å². The summed E-state index contributed by atoms with van der Waals surface area (Å²) in [5, 5.41) is 5.96. The average Bonchev–Trinajstić information content (AvgIpc) is 2.33. The van der Waals surface area contributed by atoms with E-state index in [-0.39, 0.29) is 6.03 Å². The van der Waals surface area contributed by atoms with Crippen LogP contribution in [0.5, 0.6) is 0 Å². The maximum absolute atomic E-state index is 11.8. The molecule has 0 heterocycles. The standard InChI is InChI=1S/C13H11BrClN3O/c14-11-7-9(16)4-5-12(11)18-13(19)17-10-3-1-2-8(15)6-10/h1-7H,16H2,(H2,17,18,19). The summed E-state index contributed by atoms with van der Waals surface area (Å²) in [7, 11) is 0. The molecule has 0 aliphatic rings. The molecule has 0 spiro atoms. The number of carbonyl (C=O) groups is 1. The highest BCUT2D eigenvalue weighted by atomic mass is 79.9. The Balaban J connectivity index is 2.05. The Labute approximate surface area is 124 Å². The Morgan fingerprint density at radius 2 is 1.95 bits per heavy atom. The molecule has 2 rings (SSSR count). The van der Waals surface area contributed by atoms with E-state index in [1.54, 1.807) is 42.5 Å². The van der Waals surface area contributed by atoms with Gasteiger partial charge >= 0.3 is 6.03 Å². The van der Waals surface area contributed by atoms with Gasteiger partial charge < -0.3 is 16.4 Å². The summed E-state index contributed by atoms with van der Waals surface area (Å²) in [6.07, 6.45) is 0. The normalized spacial score (nSPS) is 10.0. The number of nitrogens with two attached hydrogens (primary N) is 1. The number of anilines is 3. The van der Waals surface area contributed by atoms with E-state index in [0.717, 1.165) is 0 Å². The maximum atomic E-state index is 11.8. The molecule has 4 nitrogen and oxygen atoms in total. The van der Waals surface area contributed by atoms with E-state index in [1.807, 2.05) is 0 Å². The second kappa shape index (κ2) is 5.95. The number of carbonyl (C=O) groups excluding carboxylic acids is 1. The number of halogens is 2. The molecule has 6 heteroatoms. The van der Waals surface area contributed by atoms with Crippen LogP contribution in [0.2, 0.25) is 5.02 Å². The Morgan fingerprint density at radius 1 is 1.16 bits per heavy atom. The third kappa shape index (κ3) is 3.87. The maximum Gasteiger partial charge on any atom is 0.323 e. The molecule has 0 saturated heterocycles. The fraction of sp³-hybridized carbons (Fsp3) is 0. The topological polar surface area (TPSA) is 67.1 Å². The minimum atomic E-state index is -0.354. The summed E-state index contributed by atoms with van der Waals surface area (Å²) >= 11 is 9.17. The van der Waals surface area contributed by atoms with Crippen LogP contribution >= 0.6 is 27.5 Å². The molecule has 0 unspecified atom stereocenters. The first-order valence-corrected chi connectivity index (χ1v) is 6.60. The fourth-order valence-electron chi connectivity index (χ4n) is 1.48. The molecule has 0 atom stereocenters. The Kier molecular flexibility index (Phi) is 4.29. The summed E-state index contributed by atoms with van der Waals surface area (Å²) in [6, 6.07) is 11.7. The third-order valence-electron chi connectivity index (χ3n) is 2.32. The van der Waals surface area contributed by atoms with Crippen LogP contribution in [0.1, 0.15) is 0 Å². The van der Waals surface area contributed by atoms with Crippen molar-refractivity contribution in [2.75, 3.05) is 16.4 Å². The lowest BCUT2D eigenvalue weighted by Crippen LogP contribution is -2.19. The predicted octanol–water partition coefficient (Wildman–Crippen LogP) is 4.33. The molecule has 0 saturated carbocycles. The van der Waals surface area contributed by atoms with Crippen molar-refractivity contribution in [2.24, 2.45) is 0 Å². The van der Waals surface area contributed by atoms with Crippen molar-refractivity contribution >= 4 is 50.6 Å². The van der Waals surface area contributed by atoms with Gasteiger partial charge in [-0.15, -0.1) is 0 Å². The molecule has 0 fully saturated rings. The van der Waals surface area contributed by atoms with E-state index in [9.17, 15) is 4.79 Å². The van der Waals surface area contributed by atoms with Crippen LogP contribution in [0.3, 0.4) is 0 Å². The highest BCUT2D eigenvalue weighted by Gasteiger charge is 2.06. The van der Waals surface area contributed by atoms with E-state index in [0.29, 0.717) is 26.6 Å². The van der Waals surface area contributed by atoms with Crippen molar-refractivity contribution in [1.29, 1.82) is 0 Å². The number of hydrogen-bond acceptors (Lipinski definition) is 2. The minimum absolute atomic E-state index is 0.354. The molecule has 19 heavy (non-hydrogen) atoms. The SMILES string of the molecule is Nc1ccc(NC(=O)Nc2cccc(Cl)c2)c(Br)c1. The number of nitrogens with one attached hydrogen (secondary N) is 2. The summed E-state index contributed by atoms with van der Waals surface area (Å²) < 4.78 is 0.716. The monoisotopic (exact) mass is 339 g/mol. The molecule has 0 aromatic heterocycles. The molecule has 2 aromatic carbocycles. The largest absolute Gasteiger partial charge is 0.399 e. The zero-order valence-corrected chi connectivity index (χ0v) is 12.1. The molecule has 4 N–H and O–H groups in total. The quantitative estimate of drug-likeness (QED) is 0.712. The fourth-order valence-corrected chi connectivity index (χ4v) is 2.17. The van der Waals surface area contributed by atoms with E-state index >= 15 is 0 Å². The Hall–Kier alpha value is -1.72. The van der Waals surface area contributed by atoms with Crippen LogP contribution in [-0.4, -0.2) is 6.03 Å². The average molecular weight is 341 g/mol. The molecular formula is C13H11BrClN3O. The first-order chi connectivity index (χ1) is 9.04. The number of amides is 2. The van der Waals surface area contributed by atoms with Crippen molar-refractivity contribution in [1.82, 2.24) is 0 Å². The zero-order chi connectivity index (χ0) is 13.8. The van der Waals surface area contributed by atoms with Gasteiger partial charge in [0.1, 0.15) is 0 Å². The van der Waals surface area contributed by atoms with Gasteiger partial charge in [0.25, 0.3) is 0 Å². The molecule has 0 aliphatic heterocycles. The van der Waals surface area contributed by atoms with Crippen LogP contribution in [0.15, 0.2) is 46.9 Å². The number of hydrogen-bond donors (Lipinski definition) is 3. The van der Waals surface area contributed by atoms with Gasteiger partial charge in [-0.2, -0.15) is 0 Å². The second-order valence-corrected chi connectivity index (χ2v) is 5.12. The first-order valence-electron chi connectivity index (χ1n) is 5.43. The number of benzene rings is 2. The summed E-state index contributed by atoms with van der Waals surface area (Å²) in [4.78, 5) is 11.8. The van der Waals surface area contributed by atoms with Crippen molar-refractivity contribution in [2.45, 2.75) is 0 Å². The van der Waals surface area contributed by atoms with Crippen LogP contribution in [0.25, 0.3) is 0 Å². The van der Waals surface area contributed by atoms with Gasteiger partial charge in [0.2, 0.25) is 0 Å². The van der Waals surface area contributed by atoms with Gasteiger partial charge in [0, 0.05) is 20.9 Å². The van der Waals surface area contributed by atoms with E-state index in [4.69, 9.17) is 17.3 Å². The number of rotatable bonds is 2. The van der Waals surface area contributed by atoms with Gasteiger partial charge in [-0.1, -0.05) is 17.7 Å². The smallest absolute Gasteiger partial charge is 0.323 e. The summed E-state index contributed by atoms with van der Waals surface area (Å²) in [5.74, 6) is 0. The van der Waals surface area contributed by atoms with Gasteiger partial charge in [-0.05, 0) is 52.3 Å². The van der Waals surface area contributed by atoms with Gasteiger partial charge in [-0.25, -0.2) is 4.79 Å². The van der Waals surface area contributed by atoms with Crippen molar-refractivity contribution in [3.63, 3.8) is 0 Å². The van der Waals surface area contributed by atoms with E-state index in [1.165, 1.54) is 0 Å². The van der Waals surface area contributed by atoms with Gasteiger partial charge in [0.05, 0.1) is 5.69 Å². The minimum Gasteiger partial charge on any atom is -0.399 e. The predicted molar refractivity (Wildman–Crippen MR) is 82.6 cm³/mol.